The lowest BCUT2D eigenvalue weighted by Crippen LogP contribution is -2.40. The molecule has 1 fully saturated rings. The number of hydrogen-bond acceptors (Lipinski definition) is 1. The molecule has 2 aliphatic rings. The maximum Gasteiger partial charge on any atom is 0.235 e. The minimum atomic E-state index is -0.166. The predicted molar refractivity (Wildman–Crippen MR) is 64.7 cm³/mol. The quantitative estimate of drug-likeness (QED) is 0.766. The fourth-order valence-electron chi connectivity index (χ4n) is 2.82. The highest BCUT2D eigenvalue weighted by atomic mass is 16.2. The molecule has 1 aliphatic carbocycles. The van der Waals surface area contributed by atoms with Crippen LogP contribution in [0.5, 0.6) is 0 Å². The Morgan fingerprint density at radius 2 is 2.06 bits per heavy atom. The molecule has 2 nitrogen and oxygen atoms in total. The lowest BCUT2D eigenvalue weighted by Gasteiger charge is -2.36. The third-order valence-corrected chi connectivity index (χ3v) is 4.12. The van der Waals surface area contributed by atoms with Gasteiger partial charge in [-0.1, -0.05) is 32.4 Å². The van der Waals surface area contributed by atoms with E-state index in [9.17, 15) is 4.79 Å². The smallest absolute Gasteiger partial charge is 0.235 e. The topological polar surface area (TPSA) is 29.1 Å². The molecule has 1 heterocycles. The highest BCUT2D eigenvalue weighted by Crippen LogP contribution is 2.51. The van der Waals surface area contributed by atoms with Crippen LogP contribution in [-0.2, 0) is 10.2 Å². The largest absolute Gasteiger partial charge is 0.325 e. The number of fused-ring (bicyclic) bond motifs is 2. The summed E-state index contributed by atoms with van der Waals surface area (Å²) in [6, 6.07) is 6.42. The van der Waals surface area contributed by atoms with Crippen molar-refractivity contribution in [1.82, 2.24) is 0 Å². The number of carbonyl (C=O) groups excluding carboxylic acids is 1. The van der Waals surface area contributed by atoms with Crippen LogP contribution in [0.15, 0.2) is 18.2 Å². The van der Waals surface area contributed by atoms with Crippen LogP contribution in [0.4, 0.5) is 5.69 Å². The van der Waals surface area contributed by atoms with Crippen molar-refractivity contribution in [3.63, 3.8) is 0 Å². The molecule has 1 aromatic rings. The van der Waals surface area contributed by atoms with Gasteiger partial charge in [-0.2, -0.15) is 0 Å². The first-order valence-electron chi connectivity index (χ1n) is 6.09. The highest BCUT2D eigenvalue weighted by Gasteiger charge is 2.50. The Labute approximate surface area is 96.1 Å². The SMILES string of the molecule is CC(C)c1ccc2c(c1)C1(CCC1)C(=O)N2. The molecule has 3 rings (SSSR count). The van der Waals surface area contributed by atoms with Crippen molar-refractivity contribution in [3.8, 4) is 0 Å². The van der Waals surface area contributed by atoms with Gasteiger partial charge < -0.3 is 5.32 Å². The molecule has 0 atom stereocenters. The maximum absolute atomic E-state index is 12.0. The summed E-state index contributed by atoms with van der Waals surface area (Å²) in [4.78, 5) is 12.0. The molecule has 0 radical (unpaired) electrons. The number of nitrogens with one attached hydrogen (secondary N) is 1. The number of carbonyl (C=O) groups is 1. The van der Waals surface area contributed by atoms with Crippen LogP contribution in [0.2, 0.25) is 0 Å². The molecule has 1 saturated carbocycles. The van der Waals surface area contributed by atoms with Gasteiger partial charge in [0.05, 0.1) is 5.41 Å². The van der Waals surface area contributed by atoms with Crippen molar-refractivity contribution < 1.29 is 4.79 Å². The monoisotopic (exact) mass is 215 g/mol. The number of rotatable bonds is 1. The molecular formula is C14H17NO. The molecular weight excluding hydrogens is 198 g/mol. The van der Waals surface area contributed by atoms with Gasteiger partial charge in [0, 0.05) is 5.69 Å². The van der Waals surface area contributed by atoms with E-state index in [1.165, 1.54) is 17.5 Å². The summed E-state index contributed by atoms with van der Waals surface area (Å²) >= 11 is 0. The third-order valence-electron chi connectivity index (χ3n) is 4.12. The lowest BCUT2D eigenvalue weighted by molar-refractivity contribution is -0.123. The van der Waals surface area contributed by atoms with Gasteiger partial charge in [0.2, 0.25) is 5.91 Å². The van der Waals surface area contributed by atoms with E-state index in [1.807, 2.05) is 0 Å². The normalized spacial score (nSPS) is 20.8. The Morgan fingerprint density at radius 1 is 1.31 bits per heavy atom. The number of hydrogen-bond donors (Lipinski definition) is 1. The van der Waals surface area contributed by atoms with Crippen LogP contribution in [0.25, 0.3) is 0 Å². The van der Waals surface area contributed by atoms with Gasteiger partial charge in [-0.3, -0.25) is 4.79 Å². The van der Waals surface area contributed by atoms with Crippen LogP contribution in [0.1, 0.15) is 50.2 Å². The Bertz CT molecular complexity index is 458. The molecule has 1 aliphatic heterocycles. The second-order valence-corrected chi connectivity index (χ2v) is 5.35. The number of amides is 1. The molecule has 2 heteroatoms. The lowest BCUT2D eigenvalue weighted by atomic mass is 9.65. The van der Waals surface area contributed by atoms with Gasteiger partial charge in [-0.15, -0.1) is 0 Å². The summed E-state index contributed by atoms with van der Waals surface area (Å²) in [6.45, 7) is 4.39. The highest BCUT2D eigenvalue weighted by molar-refractivity contribution is 6.06. The summed E-state index contributed by atoms with van der Waals surface area (Å²) in [5.74, 6) is 0.743. The zero-order chi connectivity index (χ0) is 11.3. The standard InChI is InChI=1S/C14H17NO/c1-9(2)10-4-5-12-11(8-10)14(6-3-7-14)13(16)15-12/h4-5,8-9H,3,6-7H2,1-2H3,(H,15,16). The van der Waals surface area contributed by atoms with Crippen LogP contribution in [0.3, 0.4) is 0 Å². The molecule has 0 unspecified atom stereocenters. The summed E-state index contributed by atoms with van der Waals surface area (Å²) in [6.07, 6.45) is 3.22. The molecule has 0 bridgehead atoms. The summed E-state index contributed by atoms with van der Waals surface area (Å²) in [5.41, 5.74) is 3.45. The fourth-order valence-corrected chi connectivity index (χ4v) is 2.82. The van der Waals surface area contributed by atoms with Crippen LogP contribution in [0, 0.1) is 0 Å². The molecule has 1 aromatic carbocycles. The Kier molecular flexibility index (Phi) is 1.91. The Morgan fingerprint density at radius 3 is 2.62 bits per heavy atom. The molecule has 1 amide bonds. The zero-order valence-corrected chi connectivity index (χ0v) is 9.84. The molecule has 84 valence electrons. The van der Waals surface area contributed by atoms with Gasteiger partial charge in [0.15, 0.2) is 0 Å². The van der Waals surface area contributed by atoms with Crippen molar-refractivity contribution >= 4 is 11.6 Å². The minimum absolute atomic E-state index is 0.166. The van der Waals surface area contributed by atoms with Gasteiger partial charge in [-0.25, -0.2) is 0 Å². The van der Waals surface area contributed by atoms with Crippen LogP contribution < -0.4 is 5.32 Å². The summed E-state index contributed by atoms with van der Waals surface area (Å²) in [5, 5.41) is 3.02. The molecule has 16 heavy (non-hydrogen) atoms. The Balaban J connectivity index is 2.12. The van der Waals surface area contributed by atoms with Gasteiger partial charge in [0.1, 0.15) is 0 Å². The zero-order valence-electron chi connectivity index (χ0n) is 9.84. The maximum atomic E-state index is 12.0. The second kappa shape index (κ2) is 3.09. The second-order valence-electron chi connectivity index (χ2n) is 5.35. The van der Waals surface area contributed by atoms with Crippen LogP contribution in [-0.4, -0.2) is 5.91 Å². The summed E-state index contributed by atoms with van der Waals surface area (Å²) < 4.78 is 0. The van der Waals surface area contributed by atoms with Crippen molar-refractivity contribution in [3.05, 3.63) is 29.3 Å². The van der Waals surface area contributed by atoms with E-state index < -0.39 is 0 Å². The minimum Gasteiger partial charge on any atom is -0.325 e. The first-order chi connectivity index (χ1) is 7.63. The molecule has 1 spiro atoms. The first-order valence-corrected chi connectivity index (χ1v) is 6.09. The molecule has 0 saturated heterocycles. The summed E-state index contributed by atoms with van der Waals surface area (Å²) in [7, 11) is 0. The third kappa shape index (κ3) is 1.10. The van der Waals surface area contributed by atoms with E-state index in [2.05, 4.69) is 37.4 Å². The fraction of sp³-hybridized carbons (Fsp3) is 0.500. The van der Waals surface area contributed by atoms with E-state index in [0.29, 0.717) is 5.92 Å². The predicted octanol–water partition coefficient (Wildman–Crippen LogP) is 3.18. The molecule has 1 N–H and O–H groups in total. The molecule has 0 aromatic heterocycles. The van der Waals surface area contributed by atoms with Gasteiger partial charge >= 0.3 is 0 Å². The average Bonchev–Trinajstić information content (AvgIpc) is 2.47. The van der Waals surface area contributed by atoms with Gasteiger partial charge in [-0.05, 0) is 36.0 Å². The number of benzene rings is 1. The van der Waals surface area contributed by atoms with E-state index >= 15 is 0 Å². The van der Waals surface area contributed by atoms with E-state index in [4.69, 9.17) is 0 Å². The van der Waals surface area contributed by atoms with Crippen molar-refractivity contribution in [2.75, 3.05) is 5.32 Å². The number of anilines is 1. The van der Waals surface area contributed by atoms with E-state index in [-0.39, 0.29) is 11.3 Å². The Hall–Kier alpha value is -1.31. The van der Waals surface area contributed by atoms with Gasteiger partial charge in [0.25, 0.3) is 0 Å². The average molecular weight is 215 g/mol. The van der Waals surface area contributed by atoms with E-state index in [1.54, 1.807) is 0 Å². The van der Waals surface area contributed by atoms with Crippen molar-refractivity contribution in [2.45, 2.75) is 44.4 Å². The first kappa shape index (κ1) is 9.88. The van der Waals surface area contributed by atoms with Crippen molar-refractivity contribution in [2.24, 2.45) is 0 Å². The van der Waals surface area contributed by atoms with E-state index in [0.717, 1.165) is 18.5 Å². The van der Waals surface area contributed by atoms with Crippen molar-refractivity contribution in [1.29, 1.82) is 0 Å². The van der Waals surface area contributed by atoms with Crippen LogP contribution >= 0.6 is 0 Å².